The molecule has 1 aliphatic rings. The molecule has 0 saturated carbocycles. The van der Waals surface area contributed by atoms with Crippen molar-refractivity contribution in [3.63, 3.8) is 0 Å². The Morgan fingerprint density at radius 3 is 2.56 bits per heavy atom. The van der Waals surface area contributed by atoms with Crippen LogP contribution in [0.5, 0.6) is 0 Å². The molecule has 1 saturated heterocycles. The van der Waals surface area contributed by atoms with Gasteiger partial charge in [-0.1, -0.05) is 13.0 Å². The summed E-state index contributed by atoms with van der Waals surface area (Å²) in [6.45, 7) is 4.10. The molecule has 0 spiro atoms. The van der Waals surface area contributed by atoms with Gasteiger partial charge in [-0.15, -0.1) is 0 Å². The number of anilines is 1. The van der Waals surface area contributed by atoms with Crippen molar-refractivity contribution in [3.05, 3.63) is 63.2 Å². The molecule has 0 atom stereocenters. The number of aromatic carboxylic acids is 1. The summed E-state index contributed by atoms with van der Waals surface area (Å²) in [5.74, 6) is -2.63. The van der Waals surface area contributed by atoms with E-state index in [1.165, 1.54) is 0 Å². The zero-order chi connectivity index (χ0) is 22.1. The molecular weight excluding hydrogens is 431 g/mol. The molecule has 11 heteroatoms. The van der Waals surface area contributed by atoms with Crippen molar-refractivity contribution in [1.82, 2.24) is 19.9 Å². The van der Waals surface area contributed by atoms with E-state index < -0.39 is 17.6 Å². The van der Waals surface area contributed by atoms with Crippen LogP contribution in [0.2, 0.25) is 0 Å². The molecule has 32 heavy (non-hydrogen) atoms. The van der Waals surface area contributed by atoms with Crippen LogP contribution in [0.15, 0.2) is 29.2 Å². The summed E-state index contributed by atoms with van der Waals surface area (Å²) >= 11 is 0. The van der Waals surface area contributed by atoms with E-state index in [0.717, 1.165) is 12.3 Å². The zero-order valence-corrected chi connectivity index (χ0v) is 19.8. The molecule has 162 valence electrons. The molecule has 1 aliphatic heterocycles. The van der Waals surface area contributed by atoms with Crippen LogP contribution in [0.3, 0.4) is 0 Å². The minimum atomic E-state index is -1.48. The second-order valence-electron chi connectivity index (χ2n) is 7.38. The summed E-state index contributed by atoms with van der Waals surface area (Å²) in [7, 11) is 0. The fraction of sp³-hybridized carbons (Fsp3) is 0.333. The van der Waals surface area contributed by atoms with Crippen molar-refractivity contribution < 1.29 is 48.2 Å². The number of halogens is 2. The predicted octanol–water partition coefficient (Wildman–Crippen LogP) is -2.15. The number of carboxylic acids is 1. The first-order chi connectivity index (χ1) is 14.9. The van der Waals surface area contributed by atoms with Gasteiger partial charge in [-0.25, -0.2) is 18.7 Å². The summed E-state index contributed by atoms with van der Waals surface area (Å²) in [6, 6.07) is 4.25. The Bertz CT molecular complexity index is 1210. The van der Waals surface area contributed by atoms with Crippen LogP contribution in [-0.4, -0.2) is 52.0 Å². The molecule has 3 heterocycles. The van der Waals surface area contributed by atoms with Gasteiger partial charge < -0.3 is 19.8 Å². The minimum absolute atomic E-state index is 0. The first kappa shape index (κ1) is 24.2. The van der Waals surface area contributed by atoms with Gasteiger partial charge in [0.25, 0.3) is 5.56 Å². The first-order valence-corrected chi connectivity index (χ1v) is 9.92. The van der Waals surface area contributed by atoms with Crippen LogP contribution in [0.1, 0.15) is 28.5 Å². The molecule has 0 unspecified atom stereocenters. The number of hydrogen-bond acceptors (Lipinski definition) is 7. The summed E-state index contributed by atoms with van der Waals surface area (Å²) in [5.41, 5.74) is 0.598. The molecule has 0 radical (unpaired) electrons. The third-order valence-electron chi connectivity index (χ3n) is 5.41. The maximum atomic E-state index is 15.0. The van der Waals surface area contributed by atoms with E-state index in [2.05, 4.69) is 15.0 Å². The number of rotatable bonds is 5. The Hall–Kier alpha value is -2.40. The summed E-state index contributed by atoms with van der Waals surface area (Å²) < 4.78 is 29.2. The number of nitrogens with zero attached hydrogens (tertiary/aromatic N) is 4. The SMILES string of the molecule is CCc1nc2ccc(CN3CCN(c4ncc(C(=O)[O-])cc4F)CC3)c(F)c2[nH]c1=O.[Na+]. The molecule has 3 aromatic rings. The van der Waals surface area contributed by atoms with E-state index in [9.17, 15) is 23.5 Å². The molecule has 1 aromatic carbocycles. The largest absolute Gasteiger partial charge is 1.00 e. The van der Waals surface area contributed by atoms with Crippen LogP contribution in [-0.2, 0) is 13.0 Å². The number of benzene rings is 1. The molecule has 4 rings (SSSR count). The van der Waals surface area contributed by atoms with Gasteiger partial charge in [-0.3, -0.25) is 9.69 Å². The van der Waals surface area contributed by atoms with E-state index >= 15 is 0 Å². The number of aromatic nitrogens is 3. The number of piperazine rings is 1. The number of hydrogen-bond donors (Lipinski definition) is 1. The minimum Gasteiger partial charge on any atom is -0.545 e. The molecule has 1 fully saturated rings. The number of aromatic amines is 1. The smallest absolute Gasteiger partial charge is 0.545 e. The van der Waals surface area contributed by atoms with Crippen molar-refractivity contribution in [2.45, 2.75) is 19.9 Å². The second kappa shape index (κ2) is 10.0. The monoisotopic (exact) mass is 451 g/mol. The molecule has 1 N–H and O–H groups in total. The quantitative estimate of drug-likeness (QED) is 0.441. The maximum Gasteiger partial charge on any atom is 1.00 e. The Kier molecular flexibility index (Phi) is 7.60. The van der Waals surface area contributed by atoms with Gasteiger partial charge in [0.15, 0.2) is 17.5 Å². The number of carbonyl (C=O) groups is 1. The average Bonchev–Trinajstić information content (AvgIpc) is 2.76. The van der Waals surface area contributed by atoms with Gasteiger partial charge in [-0.05, 0) is 18.6 Å². The summed E-state index contributed by atoms with van der Waals surface area (Å²) in [4.78, 5) is 37.3. The maximum absolute atomic E-state index is 15.0. The van der Waals surface area contributed by atoms with Gasteiger partial charge >= 0.3 is 29.6 Å². The fourth-order valence-electron chi connectivity index (χ4n) is 3.70. The van der Waals surface area contributed by atoms with Gasteiger partial charge in [0.05, 0.1) is 11.5 Å². The molecule has 8 nitrogen and oxygen atoms in total. The third kappa shape index (κ3) is 4.83. The van der Waals surface area contributed by atoms with Crippen molar-refractivity contribution in [3.8, 4) is 0 Å². The van der Waals surface area contributed by atoms with E-state index in [-0.39, 0.29) is 52.0 Å². The fourth-order valence-corrected chi connectivity index (χ4v) is 3.70. The van der Waals surface area contributed by atoms with Crippen LogP contribution < -0.4 is 45.1 Å². The summed E-state index contributed by atoms with van der Waals surface area (Å²) in [5, 5.41) is 10.8. The van der Waals surface area contributed by atoms with Crippen molar-refractivity contribution in [1.29, 1.82) is 0 Å². The van der Waals surface area contributed by atoms with E-state index in [0.29, 0.717) is 55.9 Å². The standard InChI is InChI=1S/C21H21F2N5O3.Na/c1-2-15-20(29)26-18-16(25-15)4-3-12(17(18)23)11-27-5-7-28(8-6-27)19-14(22)9-13(10-24-19)21(30)31;/h3-4,9-10H,2,5-8,11H2,1H3,(H,26,29)(H,30,31);/q;+1/p-1. The van der Waals surface area contributed by atoms with Crippen molar-refractivity contribution in [2.24, 2.45) is 0 Å². The number of pyridine rings is 1. The molecule has 0 aliphatic carbocycles. The van der Waals surface area contributed by atoms with E-state index in [4.69, 9.17) is 0 Å². The zero-order valence-electron chi connectivity index (χ0n) is 17.8. The van der Waals surface area contributed by atoms with Crippen LogP contribution in [0, 0.1) is 11.6 Å². The van der Waals surface area contributed by atoms with Crippen molar-refractivity contribution >= 4 is 22.8 Å². The van der Waals surface area contributed by atoms with Crippen LogP contribution >= 0.6 is 0 Å². The van der Waals surface area contributed by atoms with Gasteiger partial charge in [0.2, 0.25) is 0 Å². The predicted molar refractivity (Wildman–Crippen MR) is 108 cm³/mol. The third-order valence-corrected chi connectivity index (χ3v) is 5.41. The normalized spacial score (nSPS) is 14.4. The first-order valence-electron chi connectivity index (χ1n) is 9.92. The van der Waals surface area contributed by atoms with E-state index in [1.54, 1.807) is 17.0 Å². The average molecular weight is 451 g/mol. The number of nitrogens with one attached hydrogen (secondary N) is 1. The Labute approximate surface area is 204 Å². The second-order valence-corrected chi connectivity index (χ2v) is 7.38. The Balaban J connectivity index is 0.00000289. The number of aryl methyl sites for hydroxylation is 1. The number of carbonyl (C=O) groups excluding carboxylic acids is 1. The number of H-pyrrole nitrogens is 1. The van der Waals surface area contributed by atoms with Crippen LogP contribution in [0.4, 0.5) is 14.6 Å². The van der Waals surface area contributed by atoms with Gasteiger partial charge in [-0.2, -0.15) is 0 Å². The molecule has 0 bridgehead atoms. The molecular formula is C21H20F2N5NaO3. The molecule has 0 amide bonds. The Morgan fingerprint density at radius 2 is 1.94 bits per heavy atom. The molecule has 2 aromatic heterocycles. The topological polar surface area (TPSA) is 105 Å². The van der Waals surface area contributed by atoms with Gasteiger partial charge in [0.1, 0.15) is 11.2 Å². The van der Waals surface area contributed by atoms with Crippen LogP contribution in [0.25, 0.3) is 11.0 Å². The van der Waals surface area contributed by atoms with Gasteiger partial charge in [0, 0.05) is 50.0 Å². The Morgan fingerprint density at radius 1 is 1.22 bits per heavy atom. The number of fused-ring (bicyclic) bond motifs is 1. The van der Waals surface area contributed by atoms with E-state index in [1.807, 2.05) is 11.8 Å². The van der Waals surface area contributed by atoms with Crippen molar-refractivity contribution in [2.75, 3.05) is 31.1 Å². The number of carboxylic acid groups (broad SMARTS) is 1. The summed E-state index contributed by atoms with van der Waals surface area (Å²) in [6.07, 6.45) is 1.54.